The van der Waals surface area contributed by atoms with Crippen molar-refractivity contribution >= 4 is 11.9 Å². The first-order valence-corrected chi connectivity index (χ1v) is 6.58. The molecule has 8 heteroatoms. The maximum atomic E-state index is 11.3. The molecule has 2 heterocycles. The number of nitrogens with two attached hydrogens (primary N) is 1. The third-order valence-corrected chi connectivity index (χ3v) is 3.20. The molecule has 0 aliphatic carbocycles. The van der Waals surface area contributed by atoms with Gasteiger partial charge in [0, 0.05) is 11.1 Å². The topological polar surface area (TPSA) is 135 Å². The van der Waals surface area contributed by atoms with Crippen molar-refractivity contribution in [2.75, 3.05) is 0 Å². The van der Waals surface area contributed by atoms with Crippen LogP contribution in [-0.2, 0) is 0 Å². The van der Waals surface area contributed by atoms with Crippen LogP contribution in [0.1, 0.15) is 21.0 Å². The van der Waals surface area contributed by atoms with Crippen LogP contribution in [0.3, 0.4) is 0 Å². The molecule has 23 heavy (non-hydrogen) atoms. The summed E-state index contributed by atoms with van der Waals surface area (Å²) in [5.74, 6) is -1.76. The van der Waals surface area contributed by atoms with Crippen molar-refractivity contribution in [3.05, 3.63) is 53.9 Å². The molecule has 1 aromatic carbocycles. The van der Waals surface area contributed by atoms with E-state index >= 15 is 0 Å². The molecular weight excluding hydrogens is 298 g/mol. The summed E-state index contributed by atoms with van der Waals surface area (Å²) >= 11 is 0. The quantitative estimate of drug-likeness (QED) is 0.665. The SMILES string of the molecule is NC(=O)c1n[nH]nc1-c1ccc(-c2cccc(C(=O)O)n2)cc1. The van der Waals surface area contributed by atoms with Gasteiger partial charge in [0.15, 0.2) is 5.69 Å². The van der Waals surface area contributed by atoms with E-state index in [1.54, 1.807) is 36.4 Å². The Hall–Kier alpha value is -3.55. The van der Waals surface area contributed by atoms with Gasteiger partial charge in [-0.2, -0.15) is 15.4 Å². The number of aromatic amines is 1. The lowest BCUT2D eigenvalue weighted by atomic mass is 10.0. The number of nitrogens with zero attached hydrogens (tertiary/aromatic N) is 3. The van der Waals surface area contributed by atoms with E-state index in [9.17, 15) is 9.59 Å². The Morgan fingerprint density at radius 3 is 2.35 bits per heavy atom. The van der Waals surface area contributed by atoms with E-state index in [0.29, 0.717) is 17.0 Å². The number of hydrogen-bond acceptors (Lipinski definition) is 5. The number of amides is 1. The molecule has 0 aliphatic rings. The van der Waals surface area contributed by atoms with Crippen LogP contribution in [0.15, 0.2) is 42.5 Å². The molecule has 8 nitrogen and oxygen atoms in total. The zero-order chi connectivity index (χ0) is 16.4. The zero-order valence-corrected chi connectivity index (χ0v) is 11.7. The van der Waals surface area contributed by atoms with Gasteiger partial charge in [-0.05, 0) is 12.1 Å². The van der Waals surface area contributed by atoms with Gasteiger partial charge >= 0.3 is 5.97 Å². The fraction of sp³-hybridized carbons (Fsp3) is 0. The second kappa shape index (κ2) is 5.68. The number of carboxylic acid groups (broad SMARTS) is 1. The van der Waals surface area contributed by atoms with Crippen molar-refractivity contribution < 1.29 is 14.7 Å². The molecule has 0 atom stereocenters. The second-order valence-corrected chi connectivity index (χ2v) is 4.68. The molecule has 0 radical (unpaired) electrons. The average molecular weight is 309 g/mol. The smallest absolute Gasteiger partial charge is 0.354 e. The van der Waals surface area contributed by atoms with Crippen molar-refractivity contribution in [2.24, 2.45) is 5.73 Å². The summed E-state index contributed by atoms with van der Waals surface area (Å²) in [5.41, 5.74) is 7.55. The minimum absolute atomic E-state index is 0.0286. The number of carbonyl (C=O) groups is 2. The second-order valence-electron chi connectivity index (χ2n) is 4.68. The number of primary amides is 1. The number of benzene rings is 1. The van der Waals surface area contributed by atoms with Crippen molar-refractivity contribution in [3.63, 3.8) is 0 Å². The van der Waals surface area contributed by atoms with Crippen LogP contribution in [-0.4, -0.2) is 37.4 Å². The predicted molar refractivity (Wildman–Crippen MR) is 80.5 cm³/mol. The van der Waals surface area contributed by atoms with Crippen molar-refractivity contribution in [2.45, 2.75) is 0 Å². The van der Waals surface area contributed by atoms with Crippen LogP contribution >= 0.6 is 0 Å². The molecule has 2 aromatic heterocycles. The number of H-pyrrole nitrogens is 1. The van der Waals surface area contributed by atoms with Gasteiger partial charge < -0.3 is 10.8 Å². The van der Waals surface area contributed by atoms with Crippen LogP contribution in [0, 0.1) is 0 Å². The first-order chi connectivity index (χ1) is 11.1. The van der Waals surface area contributed by atoms with E-state index in [0.717, 1.165) is 5.56 Å². The van der Waals surface area contributed by atoms with Gasteiger partial charge in [-0.3, -0.25) is 4.79 Å². The first kappa shape index (κ1) is 14.4. The number of rotatable bonds is 4. The lowest BCUT2D eigenvalue weighted by Crippen LogP contribution is -2.12. The molecular formula is C15H11N5O3. The van der Waals surface area contributed by atoms with E-state index in [-0.39, 0.29) is 11.4 Å². The van der Waals surface area contributed by atoms with Crippen LogP contribution in [0.2, 0.25) is 0 Å². The molecule has 0 spiro atoms. The summed E-state index contributed by atoms with van der Waals surface area (Å²) in [4.78, 5) is 26.3. The van der Waals surface area contributed by atoms with E-state index < -0.39 is 11.9 Å². The highest BCUT2D eigenvalue weighted by Crippen LogP contribution is 2.24. The highest BCUT2D eigenvalue weighted by molar-refractivity contribution is 5.96. The Morgan fingerprint density at radius 2 is 1.70 bits per heavy atom. The maximum Gasteiger partial charge on any atom is 0.354 e. The van der Waals surface area contributed by atoms with E-state index in [4.69, 9.17) is 10.8 Å². The van der Waals surface area contributed by atoms with Gasteiger partial charge in [-0.1, -0.05) is 30.3 Å². The first-order valence-electron chi connectivity index (χ1n) is 6.58. The van der Waals surface area contributed by atoms with Crippen LogP contribution < -0.4 is 5.73 Å². The Labute approximate surface area is 130 Å². The molecule has 1 amide bonds. The Bertz CT molecular complexity index is 886. The van der Waals surface area contributed by atoms with Gasteiger partial charge in [0.1, 0.15) is 11.4 Å². The summed E-state index contributed by atoms with van der Waals surface area (Å²) in [6.07, 6.45) is 0. The summed E-state index contributed by atoms with van der Waals surface area (Å²) < 4.78 is 0. The number of carboxylic acids is 1. The number of carbonyl (C=O) groups excluding carboxylic acids is 1. The summed E-state index contributed by atoms with van der Waals surface area (Å²) in [6.45, 7) is 0. The number of nitrogens with one attached hydrogen (secondary N) is 1. The molecule has 0 unspecified atom stereocenters. The third kappa shape index (κ3) is 2.77. The van der Waals surface area contributed by atoms with Gasteiger partial charge in [0.2, 0.25) is 0 Å². The predicted octanol–water partition coefficient (Wildman–Crippen LogP) is 1.33. The standard InChI is InChI=1S/C15H11N5O3/c16-14(21)13-12(18-20-19-13)9-6-4-8(5-7-9)10-2-1-3-11(17-10)15(22)23/h1-7H,(H2,16,21)(H,22,23)(H,18,19,20). The molecule has 3 rings (SSSR count). The minimum atomic E-state index is -1.09. The molecule has 0 fully saturated rings. The minimum Gasteiger partial charge on any atom is -0.477 e. The van der Waals surface area contributed by atoms with Crippen molar-refractivity contribution in [1.82, 2.24) is 20.4 Å². The Balaban J connectivity index is 1.96. The lowest BCUT2D eigenvalue weighted by molar-refractivity contribution is 0.0690. The van der Waals surface area contributed by atoms with Crippen LogP contribution in [0.4, 0.5) is 0 Å². The van der Waals surface area contributed by atoms with Crippen LogP contribution in [0.5, 0.6) is 0 Å². The van der Waals surface area contributed by atoms with E-state index in [1.807, 2.05) is 0 Å². The molecule has 4 N–H and O–H groups in total. The van der Waals surface area contributed by atoms with Crippen LogP contribution in [0.25, 0.3) is 22.5 Å². The van der Waals surface area contributed by atoms with E-state index in [1.165, 1.54) is 6.07 Å². The fourth-order valence-electron chi connectivity index (χ4n) is 2.12. The summed E-state index contributed by atoms with van der Waals surface area (Å²) in [5, 5.41) is 19.0. The normalized spacial score (nSPS) is 10.4. The van der Waals surface area contributed by atoms with E-state index in [2.05, 4.69) is 20.4 Å². The lowest BCUT2D eigenvalue weighted by Gasteiger charge is -2.04. The fourth-order valence-corrected chi connectivity index (χ4v) is 2.12. The van der Waals surface area contributed by atoms with Crippen molar-refractivity contribution in [1.29, 1.82) is 0 Å². The molecule has 114 valence electrons. The van der Waals surface area contributed by atoms with Gasteiger partial charge in [0.25, 0.3) is 5.91 Å². The number of pyridine rings is 1. The average Bonchev–Trinajstić information content (AvgIpc) is 3.05. The zero-order valence-electron chi connectivity index (χ0n) is 11.7. The van der Waals surface area contributed by atoms with Gasteiger partial charge in [-0.25, -0.2) is 9.78 Å². The summed E-state index contributed by atoms with van der Waals surface area (Å²) in [6, 6.07) is 11.7. The highest BCUT2D eigenvalue weighted by atomic mass is 16.4. The molecule has 0 saturated heterocycles. The number of aromatic carboxylic acids is 1. The van der Waals surface area contributed by atoms with Gasteiger partial charge in [0.05, 0.1) is 5.69 Å². The molecule has 0 aliphatic heterocycles. The number of aromatic nitrogens is 4. The monoisotopic (exact) mass is 309 g/mol. The Morgan fingerprint density at radius 1 is 1.00 bits per heavy atom. The third-order valence-electron chi connectivity index (χ3n) is 3.20. The largest absolute Gasteiger partial charge is 0.477 e. The van der Waals surface area contributed by atoms with Crippen molar-refractivity contribution in [3.8, 4) is 22.5 Å². The number of hydrogen-bond donors (Lipinski definition) is 3. The molecule has 0 saturated carbocycles. The maximum absolute atomic E-state index is 11.3. The Kier molecular flexibility index (Phi) is 3.55. The molecule has 3 aromatic rings. The van der Waals surface area contributed by atoms with Gasteiger partial charge in [-0.15, -0.1) is 0 Å². The molecule has 0 bridgehead atoms. The summed E-state index contributed by atoms with van der Waals surface area (Å²) in [7, 11) is 0. The highest BCUT2D eigenvalue weighted by Gasteiger charge is 2.15.